The second-order valence-corrected chi connectivity index (χ2v) is 5.22. The number of methoxy groups -OCH3 is 1. The zero-order valence-electron chi connectivity index (χ0n) is 14.9. The Labute approximate surface area is 156 Å². The van der Waals surface area contributed by atoms with Crippen LogP contribution in [0.25, 0.3) is 0 Å². The lowest BCUT2D eigenvalue weighted by Crippen LogP contribution is -2.32. The Morgan fingerprint density at radius 1 is 1.00 bits per heavy atom. The van der Waals surface area contributed by atoms with Crippen LogP contribution in [0.2, 0.25) is 0 Å². The summed E-state index contributed by atoms with van der Waals surface area (Å²) in [5.41, 5.74) is 3.57. The highest BCUT2D eigenvalue weighted by atomic mass is 16.5. The van der Waals surface area contributed by atoms with Crippen molar-refractivity contribution in [2.45, 2.75) is 6.92 Å². The van der Waals surface area contributed by atoms with Gasteiger partial charge in [0, 0.05) is 5.69 Å². The molecule has 27 heavy (non-hydrogen) atoms. The third-order valence-electron chi connectivity index (χ3n) is 3.34. The van der Waals surface area contributed by atoms with Crippen LogP contribution < -0.4 is 15.5 Å². The molecular weight excluding hydrogens is 350 g/mol. The summed E-state index contributed by atoms with van der Waals surface area (Å²) in [6.07, 6.45) is 1.41. The molecule has 0 spiro atoms. The lowest BCUT2D eigenvalue weighted by atomic mass is 10.2. The van der Waals surface area contributed by atoms with E-state index in [1.54, 1.807) is 24.3 Å². The lowest BCUT2D eigenvalue weighted by molar-refractivity contribution is -0.136. The van der Waals surface area contributed by atoms with E-state index in [9.17, 15) is 14.4 Å². The summed E-state index contributed by atoms with van der Waals surface area (Å²) in [7, 11) is 1.27. The van der Waals surface area contributed by atoms with E-state index < -0.39 is 17.8 Å². The van der Waals surface area contributed by atoms with Gasteiger partial charge in [0.1, 0.15) is 5.75 Å². The van der Waals surface area contributed by atoms with Crippen LogP contribution in [0.5, 0.6) is 5.75 Å². The number of anilines is 1. The van der Waals surface area contributed by atoms with Gasteiger partial charge in [-0.15, -0.1) is 0 Å². The molecule has 2 N–H and O–H groups in total. The molecule has 0 bridgehead atoms. The molecule has 0 aliphatic rings. The van der Waals surface area contributed by atoms with Crippen molar-refractivity contribution < 1.29 is 23.9 Å². The molecule has 2 rings (SSSR count). The van der Waals surface area contributed by atoms with Gasteiger partial charge in [-0.25, -0.2) is 10.2 Å². The van der Waals surface area contributed by atoms with Crippen molar-refractivity contribution in [2.75, 3.05) is 19.0 Å². The molecule has 0 unspecified atom stereocenters. The maximum atomic E-state index is 11.8. The Morgan fingerprint density at radius 3 is 2.26 bits per heavy atom. The van der Waals surface area contributed by atoms with Gasteiger partial charge in [0.15, 0.2) is 0 Å². The Hall–Kier alpha value is -3.68. The first-order valence-electron chi connectivity index (χ1n) is 8.09. The SMILES string of the molecule is CCOc1ccc(/C=N/NC(=O)C(=O)Nc2ccc(C(=O)OC)cc2)cc1. The molecule has 0 aliphatic heterocycles. The smallest absolute Gasteiger partial charge is 0.337 e. The number of rotatable bonds is 6. The number of carbonyl (C=O) groups is 3. The predicted molar refractivity (Wildman–Crippen MR) is 99.8 cm³/mol. The van der Waals surface area contributed by atoms with E-state index in [-0.39, 0.29) is 0 Å². The minimum atomic E-state index is -0.922. The quantitative estimate of drug-likeness (QED) is 0.350. The molecular formula is C19H19N3O5. The van der Waals surface area contributed by atoms with Crippen molar-refractivity contribution in [1.82, 2.24) is 5.43 Å². The molecule has 2 aromatic carbocycles. The standard InChI is InChI=1S/C19H19N3O5/c1-3-27-16-10-4-13(5-11-16)12-20-22-18(24)17(23)21-15-8-6-14(7-9-15)19(25)26-2/h4-12H,3H2,1-2H3,(H,21,23)(H,22,24)/b20-12+. The van der Waals surface area contributed by atoms with Gasteiger partial charge in [0.2, 0.25) is 0 Å². The van der Waals surface area contributed by atoms with Crippen molar-refractivity contribution in [3.63, 3.8) is 0 Å². The van der Waals surface area contributed by atoms with E-state index >= 15 is 0 Å². The van der Waals surface area contributed by atoms with Gasteiger partial charge in [0.25, 0.3) is 0 Å². The highest BCUT2D eigenvalue weighted by Gasteiger charge is 2.13. The molecule has 0 saturated carbocycles. The minimum Gasteiger partial charge on any atom is -0.494 e. The summed E-state index contributed by atoms with van der Waals surface area (Å²) >= 11 is 0. The number of nitrogens with zero attached hydrogens (tertiary/aromatic N) is 1. The van der Waals surface area contributed by atoms with Gasteiger partial charge in [-0.2, -0.15) is 5.10 Å². The molecule has 0 heterocycles. The molecule has 0 radical (unpaired) electrons. The topological polar surface area (TPSA) is 106 Å². The molecule has 140 valence electrons. The fourth-order valence-corrected chi connectivity index (χ4v) is 2.03. The van der Waals surface area contributed by atoms with Crippen LogP contribution in [0.15, 0.2) is 53.6 Å². The highest BCUT2D eigenvalue weighted by molar-refractivity contribution is 6.39. The molecule has 2 amide bonds. The monoisotopic (exact) mass is 369 g/mol. The average molecular weight is 369 g/mol. The van der Waals surface area contributed by atoms with E-state index in [2.05, 4.69) is 20.6 Å². The Bertz CT molecular complexity index is 829. The second-order valence-electron chi connectivity index (χ2n) is 5.22. The molecule has 0 atom stereocenters. The van der Waals surface area contributed by atoms with Gasteiger partial charge in [0.05, 0.1) is 25.5 Å². The first kappa shape index (κ1) is 19.6. The zero-order chi connectivity index (χ0) is 19.6. The average Bonchev–Trinajstić information content (AvgIpc) is 2.69. The van der Waals surface area contributed by atoms with Gasteiger partial charge < -0.3 is 14.8 Å². The maximum Gasteiger partial charge on any atom is 0.337 e. The molecule has 8 heteroatoms. The number of benzene rings is 2. The largest absolute Gasteiger partial charge is 0.494 e. The van der Waals surface area contributed by atoms with Gasteiger partial charge in [-0.1, -0.05) is 0 Å². The molecule has 8 nitrogen and oxygen atoms in total. The number of amides is 2. The summed E-state index contributed by atoms with van der Waals surface area (Å²) in [6, 6.07) is 13.0. The molecule has 0 saturated heterocycles. The van der Waals surface area contributed by atoms with Crippen LogP contribution in [0.1, 0.15) is 22.8 Å². The summed E-state index contributed by atoms with van der Waals surface area (Å²) in [4.78, 5) is 35.0. The lowest BCUT2D eigenvalue weighted by Gasteiger charge is -2.05. The van der Waals surface area contributed by atoms with Crippen LogP contribution >= 0.6 is 0 Å². The first-order valence-corrected chi connectivity index (χ1v) is 8.09. The Kier molecular flexibility index (Phi) is 7.07. The summed E-state index contributed by atoms with van der Waals surface area (Å²) in [6.45, 7) is 2.47. The number of hydrogen-bond donors (Lipinski definition) is 2. The maximum absolute atomic E-state index is 11.8. The summed E-state index contributed by atoms with van der Waals surface area (Å²) < 4.78 is 9.91. The van der Waals surface area contributed by atoms with Crippen LogP contribution in [-0.2, 0) is 14.3 Å². The number of hydrazone groups is 1. The Morgan fingerprint density at radius 2 is 1.67 bits per heavy atom. The van der Waals surface area contributed by atoms with Gasteiger partial charge >= 0.3 is 17.8 Å². The van der Waals surface area contributed by atoms with E-state index in [0.717, 1.165) is 11.3 Å². The Balaban J connectivity index is 1.86. The molecule has 0 aromatic heterocycles. The van der Waals surface area contributed by atoms with Crippen molar-refractivity contribution >= 4 is 29.7 Å². The third-order valence-corrected chi connectivity index (χ3v) is 3.34. The summed E-state index contributed by atoms with van der Waals surface area (Å²) in [5.74, 6) is -1.57. The van der Waals surface area contributed by atoms with Crippen LogP contribution in [0.3, 0.4) is 0 Å². The number of ether oxygens (including phenoxy) is 2. The number of esters is 1. The zero-order valence-corrected chi connectivity index (χ0v) is 14.9. The molecule has 2 aromatic rings. The van der Waals surface area contributed by atoms with E-state index in [1.807, 2.05) is 6.92 Å². The van der Waals surface area contributed by atoms with Crippen LogP contribution in [0.4, 0.5) is 5.69 Å². The van der Waals surface area contributed by atoms with E-state index in [0.29, 0.717) is 17.9 Å². The fraction of sp³-hybridized carbons (Fsp3) is 0.158. The normalized spacial score (nSPS) is 10.3. The summed E-state index contributed by atoms with van der Waals surface area (Å²) in [5, 5.41) is 6.14. The minimum absolute atomic E-state index is 0.333. The first-order chi connectivity index (χ1) is 13.0. The van der Waals surface area contributed by atoms with E-state index in [4.69, 9.17) is 4.74 Å². The van der Waals surface area contributed by atoms with Crippen molar-refractivity contribution in [1.29, 1.82) is 0 Å². The molecule has 0 aliphatic carbocycles. The third kappa shape index (κ3) is 5.96. The number of nitrogens with one attached hydrogen (secondary N) is 2. The second kappa shape index (κ2) is 9.71. The number of hydrogen-bond acceptors (Lipinski definition) is 6. The van der Waals surface area contributed by atoms with Crippen molar-refractivity contribution in [3.8, 4) is 5.75 Å². The van der Waals surface area contributed by atoms with Crippen LogP contribution in [-0.4, -0.2) is 37.7 Å². The van der Waals surface area contributed by atoms with E-state index in [1.165, 1.54) is 37.6 Å². The van der Waals surface area contributed by atoms with Gasteiger partial charge in [-0.05, 0) is 61.0 Å². The predicted octanol–water partition coefficient (Wildman–Crippen LogP) is 1.96. The van der Waals surface area contributed by atoms with Crippen molar-refractivity contribution in [2.24, 2.45) is 5.10 Å². The number of carbonyl (C=O) groups excluding carboxylic acids is 3. The fourth-order valence-electron chi connectivity index (χ4n) is 2.03. The van der Waals surface area contributed by atoms with Crippen molar-refractivity contribution in [3.05, 3.63) is 59.7 Å². The van der Waals surface area contributed by atoms with Crippen LogP contribution in [0, 0.1) is 0 Å². The van der Waals surface area contributed by atoms with Gasteiger partial charge in [-0.3, -0.25) is 9.59 Å². The molecule has 0 fully saturated rings. The highest BCUT2D eigenvalue weighted by Crippen LogP contribution is 2.11.